The van der Waals surface area contributed by atoms with E-state index < -0.39 is 0 Å². The fraction of sp³-hybridized carbons (Fsp3) is 0.0952. The average molecular weight is 387 g/mol. The molecule has 0 atom stereocenters. The number of thiophene rings is 1. The van der Waals surface area contributed by atoms with Gasteiger partial charge in [0.1, 0.15) is 22.5 Å². The predicted molar refractivity (Wildman–Crippen MR) is 114 cm³/mol. The van der Waals surface area contributed by atoms with Crippen molar-refractivity contribution in [3.63, 3.8) is 0 Å². The Labute approximate surface area is 165 Å². The van der Waals surface area contributed by atoms with Crippen LogP contribution in [-0.2, 0) is 6.42 Å². The molecule has 0 saturated carbocycles. The zero-order chi connectivity index (χ0) is 19.1. The van der Waals surface area contributed by atoms with Gasteiger partial charge in [-0.15, -0.1) is 11.3 Å². The van der Waals surface area contributed by atoms with Crippen LogP contribution in [0.1, 0.15) is 11.8 Å². The van der Waals surface area contributed by atoms with Crippen molar-refractivity contribution < 1.29 is 4.42 Å². The van der Waals surface area contributed by atoms with Gasteiger partial charge in [-0.1, -0.05) is 31.2 Å². The highest BCUT2D eigenvalue weighted by atomic mass is 32.1. The van der Waals surface area contributed by atoms with Crippen molar-refractivity contribution >= 4 is 50.2 Å². The number of fused-ring (bicyclic) bond motifs is 2. The zero-order valence-electron chi connectivity index (χ0n) is 15.1. The highest BCUT2D eigenvalue weighted by Gasteiger charge is 2.17. The molecule has 0 bridgehead atoms. The van der Waals surface area contributed by atoms with Crippen LogP contribution in [0.4, 0.5) is 17.5 Å². The van der Waals surface area contributed by atoms with E-state index in [1.807, 2.05) is 36.4 Å². The highest BCUT2D eigenvalue weighted by molar-refractivity contribution is 7.19. The molecule has 28 heavy (non-hydrogen) atoms. The third-order valence-corrected chi connectivity index (χ3v) is 5.87. The van der Waals surface area contributed by atoms with Gasteiger partial charge < -0.3 is 15.5 Å². The molecule has 0 unspecified atom stereocenters. The Balaban J connectivity index is 1.51. The van der Waals surface area contributed by atoms with Crippen LogP contribution in [0.25, 0.3) is 32.4 Å². The molecule has 0 aliphatic carbocycles. The van der Waals surface area contributed by atoms with Crippen LogP contribution in [0, 0.1) is 0 Å². The molecule has 0 spiro atoms. The number of oxazole rings is 1. The van der Waals surface area contributed by atoms with E-state index in [4.69, 9.17) is 10.2 Å². The topological polar surface area (TPSA) is 89.9 Å². The molecule has 0 aliphatic rings. The van der Waals surface area contributed by atoms with Gasteiger partial charge in [0.25, 0.3) is 6.01 Å². The number of nitrogens with zero attached hydrogens (tertiary/aromatic N) is 3. The Morgan fingerprint density at radius 2 is 1.89 bits per heavy atom. The lowest BCUT2D eigenvalue weighted by Crippen LogP contribution is -1.93. The van der Waals surface area contributed by atoms with Gasteiger partial charge in [-0.3, -0.25) is 0 Å². The second kappa shape index (κ2) is 6.61. The molecule has 0 aliphatic heterocycles. The zero-order valence-corrected chi connectivity index (χ0v) is 16.0. The van der Waals surface area contributed by atoms with E-state index >= 15 is 0 Å². The molecule has 138 valence electrons. The van der Waals surface area contributed by atoms with Gasteiger partial charge in [0, 0.05) is 16.1 Å². The number of nitrogen functional groups attached to an aromatic ring is 1. The first-order valence-corrected chi connectivity index (χ1v) is 9.79. The number of nitrogens with two attached hydrogens (primary N) is 1. The molecule has 3 aromatic heterocycles. The summed E-state index contributed by atoms with van der Waals surface area (Å²) in [5.74, 6) is 0.518. The Morgan fingerprint density at radius 1 is 1.07 bits per heavy atom. The van der Waals surface area contributed by atoms with Crippen molar-refractivity contribution in [2.75, 3.05) is 11.1 Å². The van der Waals surface area contributed by atoms with Crippen molar-refractivity contribution in [1.82, 2.24) is 15.0 Å². The first kappa shape index (κ1) is 16.7. The second-order valence-corrected chi connectivity index (χ2v) is 7.47. The van der Waals surface area contributed by atoms with E-state index in [1.54, 1.807) is 11.3 Å². The van der Waals surface area contributed by atoms with E-state index in [2.05, 4.69) is 39.3 Å². The summed E-state index contributed by atoms with van der Waals surface area (Å²) in [5, 5.41) is 4.15. The van der Waals surface area contributed by atoms with Crippen LogP contribution in [-0.4, -0.2) is 15.0 Å². The van der Waals surface area contributed by atoms with Crippen LogP contribution in [0.3, 0.4) is 0 Å². The third kappa shape index (κ3) is 2.76. The summed E-state index contributed by atoms with van der Waals surface area (Å²) in [7, 11) is 0. The number of benzene rings is 2. The molecule has 2 aromatic carbocycles. The average Bonchev–Trinajstić information content (AvgIpc) is 3.30. The minimum Gasteiger partial charge on any atom is -0.423 e. The van der Waals surface area contributed by atoms with Crippen LogP contribution >= 0.6 is 11.3 Å². The monoisotopic (exact) mass is 387 g/mol. The molecule has 0 saturated heterocycles. The van der Waals surface area contributed by atoms with Crippen molar-refractivity contribution in [2.24, 2.45) is 0 Å². The normalized spacial score (nSPS) is 11.3. The number of rotatable bonds is 4. The van der Waals surface area contributed by atoms with E-state index in [0.29, 0.717) is 11.8 Å². The number of nitrogens with one attached hydrogen (secondary N) is 1. The summed E-state index contributed by atoms with van der Waals surface area (Å²) in [6, 6.07) is 16.3. The maximum absolute atomic E-state index is 6.15. The van der Waals surface area contributed by atoms with Crippen LogP contribution in [0.2, 0.25) is 0 Å². The van der Waals surface area contributed by atoms with E-state index in [1.165, 1.54) is 11.2 Å². The summed E-state index contributed by atoms with van der Waals surface area (Å²) >= 11 is 1.67. The summed E-state index contributed by atoms with van der Waals surface area (Å²) in [6.45, 7) is 2.14. The van der Waals surface area contributed by atoms with Gasteiger partial charge in [-0.25, -0.2) is 9.97 Å². The first-order chi connectivity index (χ1) is 13.7. The van der Waals surface area contributed by atoms with Gasteiger partial charge >= 0.3 is 0 Å². The Morgan fingerprint density at radius 3 is 2.68 bits per heavy atom. The van der Waals surface area contributed by atoms with E-state index in [-0.39, 0.29) is 0 Å². The lowest BCUT2D eigenvalue weighted by Gasteiger charge is -2.07. The van der Waals surface area contributed by atoms with Gasteiger partial charge in [0.05, 0.1) is 5.39 Å². The van der Waals surface area contributed by atoms with E-state index in [0.717, 1.165) is 44.6 Å². The molecular weight excluding hydrogens is 370 g/mol. The third-order valence-electron chi connectivity index (χ3n) is 4.63. The van der Waals surface area contributed by atoms with Crippen molar-refractivity contribution in [2.45, 2.75) is 13.3 Å². The van der Waals surface area contributed by atoms with Crippen molar-refractivity contribution in [1.29, 1.82) is 0 Å². The highest BCUT2D eigenvalue weighted by Crippen LogP contribution is 2.40. The van der Waals surface area contributed by atoms with Gasteiger partial charge in [-0.05, 0) is 36.2 Å². The van der Waals surface area contributed by atoms with Gasteiger partial charge in [0.15, 0.2) is 5.58 Å². The van der Waals surface area contributed by atoms with Gasteiger partial charge in [-0.2, -0.15) is 4.98 Å². The minimum absolute atomic E-state index is 0.474. The number of hydrogen-bond acceptors (Lipinski definition) is 7. The maximum Gasteiger partial charge on any atom is 0.300 e. The molecule has 0 amide bonds. The Bertz CT molecular complexity index is 1260. The fourth-order valence-corrected chi connectivity index (χ4v) is 4.43. The van der Waals surface area contributed by atoms with Crippen LogP contribution in [0.5, 0.6) is 0 Å². The van der Waals surface area contributed by atoms with E-state index in [9.17, 15) is 0 Å². The smallest absolute Gasteiger partial charge is 0.300 e. The standard InChI is InChI=1S/C21H17N5OS/c1-2-16-17(18-19(22)23-11-24-20(18)28-16)12-7-9-13(10-8-12)25-21-26-14-5-3-4-6-15(14)27-21/h3-11H,2H2,1H3,(H,25,26)(H2,22,23,24). The number of aryl methyl sites for hydroxylation is 1. The number of aromatic nitrogens is 3. The van der Waals surface area contributed by atoms with Crippen molar-refractivity contribution in [3.05, 3.63) is 59.7 Å². The summed E-state index contributed by atoms with van der Waals surface area (Å²) in [6.07, 6.45) is 2.43. The largest absolute Gasteiger partial charge is 0.423 e. The summed E-state index contributed by atoms with van der Waals surface area (Å²) in [4.78, 5) is 15.2. The number of para-hydroxylation sites is 2. The summed E-state index contributed by atoms with van der Waals surface area (Å²) < 4.78 is 5.73. The maximum atomic E-state index is 6.15. The number of hydrogen-bond donors (Lipinski definition) is 2. The SMILES string of the molecule is CCc1sc2ncnc(N)c2c1-c1ccc(Nc2nc3ccccc3o2)cc1. The Kier molecular flexibility index (Phi) is 3.95. The molecular formula is C21H17N5OS. The molecule has 0 fully saturated rings. The van der Waals surface area contributed by atoms with Crippen LogP contribution < -0.4 is 11.1 Å². The molecule has 0 radical (unpaired) electrons. The molecule has 5 rings (SSSR count). The van der Waals surface area contributed by atoms with Crippen molar-refractivity contribution in [3.8, 4) is 11.1 Å². The fourth-order valence-electron chi connectivity index (χ4n) is 3.33. The predicted octanol–water partition coefficient (Wildman–Crippen LogP) is 5.39. The molecule has 3 N–H and O–H groups in total. The Hall–Kier alpha value is -3.45. The first-order valence-electron chi connectivity index (χ1n) is 8.98. The summed E-state index contributed by atoms with van der Waals surface area (Å²) in [5.41, 5.74) is 10.9. The second-order valence-electron chi connectivity index (χ2n) is 6.38. The molecule has 7 heteroatoms. The lowest BCUT2D eigenvalue weighted by molar-refractivity contribution is 0.623. The van der Waals surface area contributed by atoms with Gasteiger partial charge in [0.2, 0.25) is 0 Å². The molecule has 6 nitrogen and oxygen atoms in total. The quantitative estimate of drug-likeness (QED) is 0.430. The molecule has 3 heterocycles. The lowest BCUT2D eigenvalue weighted by atomic mass is 10.0. The molecule has 5 aromatic rings. The van der Waals surface area contributed by atoms with Crippen LogP contribution in [0.15, 0.2) is 59.3 Å². The minimum atomic E-state index is 0.474. The number of anilines is 3.